The van der Waals surface area contributed by atoms with Crippen LogP contribution < -0.4 is 15.4 Å². The number of aryl methyl sites for hydroxylation is 1. The molecule has 3 N–H and O–H groups in total. The van der Waals surface area contributed by atoms with Crippen molar-refractivity contribution in [2.75, 3.05) is 11.9 Å². The summed E-state index contributed by atoms with van der Waals surface area (Å²) in [5.41, 5.74) is 1.40. The van der Waals surface area contributed by atoms with Gasteiger partial charge >= 0.3 is 6.09 Å². The summed E-state index contributed by atoms with van der Waals surface area (Å²) in [4.78, 5) is 57.9. The second kappa shape index (κ2) is 13.3. The average Bonchev–Trinajstić information content (AvgIpc) is 3.94. The van der Waals surface area contributed by atoms with Gasteiger partial charge in [-0.2, -0.15) is 0 Å². The van der Waals surface area contributed by atoms with E-state index >= 15 is 0 Å². The molecule has 2 aromatic rings. The van der Waals surface area contributed by atoms with Crippen molar-refractivity contribution in [1.82, 2.24) is 19.8 Å². The van der Waals surface area contributed by atoms with E-state index in [-0.39, 0.29) is 50.2 Å². The van der Waals surface area contributed by atoms with E-state index in [0.717, 1.165) is 11.3 Å². The first kappa shape index (κ1) is 34.7. The number of likely N-dealkylation sites (tertiary alicyclic amines) is 1. The maximum Gasteiger partial charge on any atom is 0.410 e. The van der Waals surface area contributed by atoms with Gasteiger partial charge < -0.3 is 20.3 Å². The summed E-state index contributed by atoms with van der Waals surface area (Å²) in [5, 5.41) is 5.51. The number of carbonyl (C=O) groups is 4. The van der Waals surface area contributed by atoms with Gasteiger partial charge in [-0.1, -0.05) is 51.5 Å². The molecule has 0 radical (unpaired) electrons. The van der Waals surface area contributed by atoms with E-state index < -0.39 is 62.7 Å². The van der Waals surface area contributed by atoms with Crippen molar-refractivity contribution in [2.45, 2.75) is 102 Å². The molecule has 2 aromatic carbocycles. The Bertz CT molecular complexity index is 1770. The van der Waals surface area contributed by atoms with Gasteiger partial charge in [0.05, 0.1) is 18.3 Å². The molecule has 0 unspecified atom stereocenters. The van der Waals surface area contributed by atoms with E-state index in [1.807, 2.05) is 52.0 Å². The molecule has 4 aliphatic rings. The van der Waals surface area contributed by atoms with Crippen LogP contribution in [0.5, 0.6) is 0 Å². The third-order valence-electron chi connectivity index (χ3n) is 10.1. The molecule has 264 valence electrons. The van der Waals surface area contributed by atoms with Crippen LogP contribution >= 0.6 is 0 Å². The average molecular weight is 698 g/mol. The molecular weight excluding hydrogens is 653 g/mol. The highest BCUT2D eigenvalue weighted by Crippen LogP contribution is 2.47. The molecule has 2 heterocycles. The second-order valence-corrected chi connectivity index (χ2v) is 16.1. The predicted molar refractivity (Wildman–Crippen MR) is 179 cm³/mol. The molecule has 1 saturated heterocycles. The number of halogens is 1. The lowest BCUT2D eigenvalue weighted by Crippen LogP contribution is -2.58. The van der Waals surface area contributed by atoms with E-state index in [4.69, 9.17) is 4.74 Å². The number of carbonyl (C=O) groups excluding carboxylic acids is 4. The van der Waals surface area contributed by atoms with E-state index in [9.17, 15) is 32.0 Å². The molecule has 0 aromatic heterocycles. The van der Waals surface area contributed by atoms with Gasteiger partial charge in [0.25, 0.3) is 5.91 Å². The molecule has 2 saturated carbocycles. The smallest absolute Gasteiger partial charge is 0.410 e. The minimum absolute atomic E-state index is 0.0375. The number of sulfonamides is 1. The molecule has 5 atom stereocenters. The van der Waals surface area contributed by atoms with Crippen molar-refractivity contribution < 1.29 is 36.7 Å². The fourth-order valence-electron chi connectivity index (χ4n) is 7.00. The second-order valence-electron chi connectivity index (χ2n) is 14.2. The lowest BCUT2D eigenvalue weighted by Gasteiger charge is -2.31. The highest BCUT2D eigenvalue weighted by Gasteiger charge is 2.62. The zero-order valence-corrected chi connectivity index (χ0v) is 29.0. The number of nitrogens with one attached hydrogen (secondary N) is 3. The lowest BCUT2D eigenvalue weighted by molar-refractivity contribution is -0.140. The SMILES string of the molecule is CC[C@@H]1C[C@]1(NC(=O)[C@@H]1C[C@@H](OC(=O)N2Cc3cccc(F)c3C2)CN1C(=O)[C@@H](Nc1cccc(C)c1)C(C)C)C(=O)NS(=O)(=O)C1CC1. The monoisotopic (exact) mass is 697 g/mol. The maximum absolute atomic E-state index is 14.4. The van der Waals surface area contributed by atoms with E-state index in [0.29, 0.717) is 30.4 Å². The topological polar surface area (TPSA) is 154 Å². The first-order valence-corrected chi connectivity index (χ1v) is 18.5. The van der Waals surface area contributed by atoms with Gasteiger partial charge in [-0.25, -0.2) is 17.6 Å². The van der Waals surface area contributed by atoms with Crippen molar-refractivity contribution >= 4 is 39.5 Å². The normalized spacial score (nSPS) is 25.1. The molecule has 2 aliphatic heterocycles. The summed E-state index contributed by atoms with van der Waals surface area (Å²) in [6.07, 6.45) is 0.142. The molecule has 4 amide bonds. The number of fused-ring (bicyclic) bond motifs is 1. The minimum Gasteiger partial charge on any atom is -0.444 e. The fraction of sp³-hybridized carbons (Fsp3) is 0.543. The van der Waals surface area contributed by atoms with Gasteiger partial charge in [-0.15, -0.1) is 0 Å². The number of hydrogen-bond donors (Lipinski definition) is 3. The summed E-state index contributed by atoms with van der Waals surface area (Å²) >= 11 is 0. The van der Waals surface area contributed by atoms with Crippen molar-refractivity contribution in [2.24, 2.45) is 11.8 Å². The molecule has 0 bridgehead atoms. The van der Waals surface area contributed by atoms with Gasteiger partial charge in [-0.05, 0) is 67.3 Å². The Morgan fingerprint density at radius 1 is 1.08 bits per heavy atom. The first-order chi connectivity index (χ1) is 23.2. The zero-order chi connectivity index (χ0) is 35.2. The summed E-state index contributed by atoms with van der Waals surface area (Å²) in [7, 11) is -3.86. The molecule has 6 rings (SSSR count). The molecule has 49 heavy (non-hydrogen) atoms. The third kappa shape index (κ3) is 7.10. The van der Waals surface area contributed by atoms with Crippen LogP contribution in [-0.2, 0) is 42.2 Å². The number of anilines is 1. The Kier molecular flexibility index (Phi) is 9.38. The third-order valence-corrected chi connectivity index (χ3v) is 11.9. The molecule has 0 spiro atoms. The molecule has 12 nitrogen and oxygen atoms in total. The molecule has 3 fully saturated rings. The van der Waals surface area contributed by atoms with E-state index in [1.54, 1.807) is 12.1 Å². The van der Waals surface area contributed by atoms with Gasteiger partial charge in [0.2, 0.25) is 21.8 Å². The van der Waals surface area contributed by atoms with Crippen LogP contribution in [0.1, 0.15) is 69.6 Å². The van der Waals surface area contributed by atoms with Crippen molar-refractivity contribution in [3.63, 3.8) is 0 Å². The number of nitrogens with zero attached hydrogens (tertiary/aromatic N) is 2. The Morgan fingerprint density at radius 3 is 2.45 bits per heavy atom. The summed E-state index contributed by atoms with van der Waals surface area (Å²) < 4.78 is 47.7. The Hall–Kier alpha value is -4.20. The van der Waals surface area contributed by atoms with Crippen LogP contribution in [0.15, 0.2) is 42.5 Å². The largest absolute Gasteiger partial charge is 0.444 e. The molecular formula is C35H44FN5O7S. The number of rotatable bonds is 11. The Balaban J connectivity index is 1.22. The standard InChI is InChI=1S/C35H44FN5O7S/c1-5-23-16-35(23,33(44)39-49(46,47)26-12-13-26)38-31(42)29-15-25(48-34(45)40-17-22-9-7-11-28(36)27(22)19-40)18-41(29)32(43)30(20(2)3)37-24-10-6-8-21(4)14-24/h6-11,14,20,23,25-26,29-30,37H,5,12-13,15-19H2,1-4H3,(H,38,42)(H,39,44)/t23-,25-,29+,30+,35-/m1/s1. The van der Waals surface area contributed by atoms with Crippen LogP contribution in [0, 0.1) is 24.6 Å². The van der Waals surface area contributed by atoms with Crippen LogP contribution in [0.25, 0.3) is 0 Å². The van der Waals surface area contributed by atoms with Gasteiger partial charge in [0, 0.05) is 24.2 Å². The quantitative estimate of drug-likeness (QED) is 0.322. The fourth-order valence-corrected chi connectivity index (χ4v) is 8.37. The zero-order valence-electron chi connectivity index (χ0n) is 28.2. The summed E-state index contributed by atoms with van der Waals surface area (Å²) in [6.45, 7) is 7.68. The highest BCUT2D eigenvalue weighted by atomic mass is 32.2. The molecule has 14 heteroatoms. The minimum atomic E-state index is -3.86. The number of amides is 4. The predicted octanol–water partition coefficient (Wildman–Crippen LogP) is 3.59. The van der Waals surface area contributed by atoms with E-state index in [2.05, 4.69) is 15.4 Å². The van der Waals surface area contributed by atoms with Crippen molar-refractivity contribution in [3.05, 3.63) is 65.0 Å². The summed E-state index contributed by atoms with van der Waals surface area (Å²) in [5.74, 6) is -2.68. The molecule has 2 aliphatic carbocycles. The van der Waals surface area contributed by atoms with Gasteiger partial charge in [0.1, 0.15) is 29.5 Å². The van der Waals surface area contributed by atoms with Gasteiger partial charge in [-0.3, -0.25) is 24.0 Å². The summed E-state index contributed by atoms with van der Waals surface area (Å²) in [6, 6.07) is 10.4. The van der Waals surface area contributed by atoms with Crippen LogP contribution in [-0.4, -0.2) is 77.6 Å². The van der Waals surface area contributed by atoms with Crippen LogP contribution in [0.4, 0.5) is 14.9 Å². The van der Waals surface area contributed by atoms with E-state index in [1.165, 1.54) is 15.9 Å². The number of hydrogen-bond acceptors (Lipinski definition) is 8. The Labute approximate surface area is 286 Å². The Morgan fingerprint density at radius 2 is 1.82 bits per heavy atom. The lowest BCUT2D eigenvalue weighted by atomic mass is 10.0. The van der Waals surface area contributed by atoms with Gasteiger partial charge in [0.15, 0.2) is 0 Å². The highest BCUT2D eigenvalue weighted by molar-refractivity contribution is 7.91. The van der Waals surface area contributed by atoms with Crippen LogP contribution in [0.3, 0.4) is 0 Å². The first-order valence-electron chi connectivity index (χ1n) is 17.0. The maximum atomic E-state index is 14.4. The van der Waals surface area contributed by atoms with Crippen molar-refractivity contribution in [1.29, 1.82) is 0 Å². The van der Waals surface area contributed by atoms with Crippen LogP contribution in [0.2, 0.25) is 0 Å². The number of benzene rings is 2. The number of ether oxygens (including phenoxy) is 1. The van der Waals surface area contributed by atoms with Crippen molar-refractivity contribution in [3.8, 4) is 0 Å².